The van der Waals surface area contributed by atoms with E-state index in [1.807, 2.05) is 60.7 Å². The number of allylic oxidation sites excluding steroid dienone is 1. The van der Waals surface area contributed by atoms with Crippen molar-refractivity contribution >= 4 is 11.6 Å². The minimum absolute atomic E-state index is 0.763. The lowest BCUT2D eigenvalue weighted by Gasteiger charge is -2.18. The summed E-state index contributed by atoms with van der Waals surface area (Å²) in [5.74, 6) is 0. The standard InChI is InChI=1S/C17H10N2/c18-11-17(12-19)15-9-5-4-8-14(15)10-16(17)13-6-2-1-3-7-13/h1-10H. The summed E-state index contributed by atoms with van der Waals surface area (Å²) in [5.41, 5.74) is 2.21. The zero-order chi connectivity index (χ0) is 13.3. The van der Waals surface area contributed by atoms with E-state index in [-0.39, 0.29) is 0 Å². The van der Waals surface area contributed by atoms with Crippen LogP contribution in [0.25, 0.3) is 11.6 Å². The van der Waals surface area contributed by atoms with Crippen LogP contribution in [-0.2, 0) is 5.41 Å². The fourth-order valence-electron chi connectivity index (χ4n) is 2.56. The van der Waals surface area contributed by atoms with Crippen LogP contribution in [0.3, 0.4) is 0 Å². The van der Waals surface area contributed by atoms with E-state index in [1.54, 1.807) is 0 Å². The summed E-state index contributed by atoms with van der Waals surface area (Å²) in [7, 11) is 0. The van der Waals surface area contributed by atoms with Gasteiger partial charge in [-0.3, -0.25) is 0 Å². The molecule has 0 spiro atoms. The molecule has 19 heavy (non-hydrogen) atoms. The molecule has 0 saturated heterocycles. The molecule has 3 rings (SSSR count). The Bertz CT molecular complexity index is 729. The summed E-state index contributed by atoms with van der Waals surface area (Å²) in [6, 6.07) is 21.6. The van der Waals surface area contributed by atoms with Crippen molar-refractivity contribution in [1.82, 2.24) is 0 Å². The lowest BCUT2D eigenvalue weighted by Crippen LogP contribution is -2.21. The number of nitriles is 2. The van der Waals surface area contributed by atoms with E-state index in [1.165, 1.54) is 0 Å². The number of hydrogen-bond donors (Lipinski definition) is 0. The molecule has 0 atom stereocenters. The second-order valence-electron chi connectivity index (χ2n) is 4.48. The molecule has 1 aliphatic rings. The first-order valence-electron chi connectivity index (χ1n) is 6.01. The van der Waals surface area contributed by atoms with Crippen molar-refractivity contribution in [1.29, 1.82) is 10.5 Å². The van der Waals surface area contributed by atoms with Gasteiger partial charge in [-0.2, -0.15) is 10.5 Å². The molecule has 2 nitrogen and oxygen atoms in total. The highest BCUT2D eigenvalue weighted by Crippen LogP contribution is 2.46. The third-order valence-electron chi connectivity index (χ3n) is 3.49. The third-order valence-corrected chi connectivity index (χ3v) is 3.49. The van der Waals surface area contributed by atoms with Crippen LogP contribution in [-0.4, -0.2) is 0 Å². The minimum atomic E-state index is -1.20. The summed E-state index contributed by atoms with van der Waals surface area (Å²) in [4.78, 5) is 0. The van der Waals surface area contributed by atoms with Gasteiger partial charge in [0.05, 0.1) is 12.1 Å². The lowest BCUT2D eigenvalue weighted by molar-refractivity contribution is 0.929. The third kappa shape index (κ3) is 1.48. The Morgan fingerprint density at radius 1 is 0.789 bits per heavy atom. The highest BCUT2D eigenvalue weighted by Gasteiger charge is 2.43. The average molecular weight is 242 g/mol. The van der Waals surface area contributed by atoms with Crippen LogP contribution in [0.1, 0.15) is 16.7 Å². The molecule has 0 heterocycles. The van der Waals surface area contributed by atoms with E-state index >= 15 is 0 Å². The molecule has 2 aromatic rings. The zero-order valence-electron chi connectivity index (χ0n) is 10.2. The Kier molecular flexibility index (Phi) is 2.44. The van der Waals surface area contributed by atoms with Gasteiger partial charge < -0.3 is 0 Å². The SMILES string of the molecule is N#CC1(C#N)C(c2ccccc2)=Cc2ccccc21. The molecule has 0 fully saturated rings. The summed E-state index contributed by atoms with van der Waals surface area (Å²) >= 11 is 0. The van der Waals surface area contributed by atoms with Crippen molar-refractivity contribution in [3.05, 3.63) is 71.3 Å². The van der Waals surface area contributed by atoms with Crippen molar-refractivity contribution < 1.29 is 0 Å². The van der Waals surface area contributed by atoms with Crippen molar-refractivity contribution in [3.63, 3.8) is 0 Å². The maximum Gasteiger partial charge on any atom is 0.194 e. The second-order valence-corrected chi connectivity index (χ2v) is 4.48. The predicted molar refractivity (Wildman–Crippen MR) is 73.7 cm³/mol. The van der Waals surface area contributed by atoms with Crippen molar-refractivity contribution in [2.45, 2.75) is 5.41 Å². The molecule has 0 aliphatic heterocycles. The number of nitrogens with zero attached hydrogens (tertiary/aromatic N) is 2. The van der Waals surface area contributed by atoms with Crippen LogP contribution in [0, 0.1) is 22.7 Å². The molecule has 0 bridgehead atoms. The van der Waals surface area contributed by atoms with Crippen molar-refractivity contribution in [2.24, 2.45) is 0 Å². The molecule has 0 N–H and O–H groups in total. The van der Waals surface area contributed by atoms with Gasteiger partial charge in [-0.05, 0) is 28.3 Å². The molecule has 0 radical (unpaired) electrons. The van der Waals surface area contributed by atoms with Crippen LogP contribution >= 0.6 is 0 Å². The Balaban J connectivity index is 2.29. The van der Waals surface area contributed by atoms with E-state index in [4.69, 9.17) is 0 Å². The fraction of sp³-hybridized carbons (Fsp3) is 0.0588. The van der Waals surface area contributed by atoms with Gasteiger partial charge in [0.1, 0.15) is 0 Å². The summed E-state index contributed by atoms with van der Waals surface area (Å²) in [5, 5.41) is 19.2. The van der Waals surface area contributed by atoms with Crippen molar-refractivity contribution in [2.75, 3.05) is 0 Å². The Hall–Kier alpha value is -2.84. The molecule has 2 aromatic carbocycles. The topological polar surface area (TPSA) is 47.6 Å². The van der Waals surface area contributed by atoms with E-state index in [0.29, 0.717) is 0 Å². The molecule has 0 unspecified atom stereocenters. The second kappa shape index (κ2) is 4.12. The maximum absolute atomic E-state index is 9.58. The average Bonchev–Trinajstić information content (AvgIpc) is 2.83. The summed E-state index contributed by atoms with van der Waals surface area (Å²) in [6.07, 6.45) is 1.94. The smallest absolute Gasteiger partial charge is 0.194 e. The molecular weight excluding hydrogens is 232 g/mol. The maximum atomic E-state index is 9.58. The lowest BCUT2D eigenvalue weighted by atomic mass is 9.77. The Morgan fingerprint density at radius 3 is 2.11 bits per heavy atom. The molecule has 0 saturated carbocycles. The van der Waals surface area contributed by atoms with Crippen LogP contribution in [0.5, 0.6) is 0 Å². The first-order chi connectivity index (χ1) is 9.31. The van der Waals surface area contributed by atoms with Gasteiger partial charge in [-0.25, -0.2) is 0 Å². The highest BCUT2D eigenvalue weighted by molar-refractivity contribution is 5.98. The van der Waals surface area contributed by atoms with E-state index in [2.05, 4.69) is 12.1 Å². The predicted octanol–water partition coefficient (Wildman–Crippen LogP) is 3.53. The molecule has 2 heteroatoms. The van der Waals surface area contributed by atoms with Gasteiger partial charge in [-0.15, -0.1) is 0 Å². The normalized spacial score (nSPS) is 14.9. The zero-order valence-corrected chi connectivity index (χ0v) is 10.2. The molecular formula is C17H10N2. The first-order valence-corrected chi connectivity index (χ1v) is 6.01. The van der Waals surface area contributed by atoms with E-state index < -0.39 is 5.41 Å². The van der Waals surface area contributed by atoms with Gasteiger partial charge in [0.15, 0.2) is 5.41 Å². The fourth-order valence-corrected chi connectivity index (χ4v) is 2.56. The van der Waals surface area contributed by atoms with E-state index in [0.717, 1.165) is 22.3 Å². The van der Waals surface area contributed by atoms with Crippen LogP contribution < -0.4 is 0 Å². The monoisotopic (exact) mass is 242 g/mol. The van der Waals surface area contributed by atoms with Crippen LogP contribution in [0.4, 0.5) is 0 Å². The van der Waals surface area contributed by atoms with Gasteiger partial charge in [0, 0.05) is 0 Å². The molecule has 0 amide bonds. The largest absolute Gasteiger partial charge is 0.196 e. The minimum Gasteiger partial charge on any atom is -0.196 e. The van der Waals surface area contributed by atoms with Gasteiger partial charge >= 0.3 is 0 Å². The Morgan fingerprint density at radius 2 is 1.42 bits per heavy atom. The van der Waals surface area contributed by atoms with Crippen LogP contribution in [0.15, 0.2) is 54.6 Å². The molecule has 0 aromatic heterocycles. The van der Waals surface area contributed by atoms with E-state index in [9.17, 15) is 10.5 Å². The van der Waals surface area contributed by atoms with Crippen LogP contribution in [0.2, 0.25) is 0 Å². The number of hydrogen-bond acceptors (Lipinski definition) is 2. The summed E-state index contributed by atoms with van der Waals surface area (Å²) in [6.45, 7) is 0. The molecule has 88 valence electrons. The van der Waals surface area contributed by atoms with Gasteiger partial charge in [0.2, 0.25) is 0 Å². The highest BCUT2D eigenvalue weighted by atomic mass is 14.5. The first kappa shape index (κ1) is 11.3. The summed E-state index contributed by atoms with van der Waals surface area (Å²) < 4.78 is 0. The number of rotatable bonds is 1. The number of fused-ring (bicyclic) bond motifs is 1. The molecule has 1 aliphatic carbocycles. The van der Waals surface area contributed by atoms with Gasteiger partial charge in [-0.1, -0.05) is 54.6 Å². The van der Waals surface area contributed by atoms with Gasteiger partial charge in [0.25, 0.3) is 0 Å². The Labute approximate surface area is 111 Å². The number of benzene rings is 2. The quantitative estimate of drug-likeness (QED) is 0.768. The van der Waals surface area contributed by atoms with Crippen molar-refractivity contribution in [3.8, 4) is 12.1 Å².